The van der Waals surface area contributed by atoms with Gasteiger partial charge < -0.3 is 13.9 Å². The number of hydrogen-bond donors (Lipinski definition) is 1. The first-order chi connectivity index (χ1) is 15.4. The van der Waals surface area contributed by atoms with Gasteiger partial charge in [-0.1, -0.05) is 41.4 Å². The number of rotatable bonds is 5. The number of amides is 1. The van der Waals surface area contributed by atoms with E-state index in [0.29, 0.717) is 38.6 Å². The summed E-state index contributed by atoms with van der Waals surface area (Å²) in [6, 6.07) is 17.0. The summed E-state index contributed by atoms with van der Waals surface area (Å²) in [5, 5.41) is 3.50. The fraction of sp³-hybridized carbons (Fsp3) is 0.120. The molecule has 32 heavy (non-hydrogen) atoms. The summed E-state index contributed by atoms with van der Waals surface area (Å²) in [4.78, 5) is 26.5. The summed E-state index contributed by atoms with van der Waals surface area (Å²) < 4.78 is 16.5. The summed E-state index contributed by atoms with van der Waals surface area (Å²) in [5.74, 6) is 0.499. The molecule has 0 saturated carbocycles. The van der Waals surface area contributed by atoms with Crippen LogP contribution in [0.1, 0.15) is 15.9 Å². The maximum Gasteiger partial charge on any atom is 0.258 e. The van der Waals surface area contributed by atoms with Gasteiger partial charge in [0.25, 0.3) is 5.91 Å². The average Bonchev–Trinajstić information content (AvgIpc) is 2.79. The Labute approximate surface area is 189 Å². The molecule has 0 aliphatic rings. The van der Waals surface area contributed by atoms with E-state index >= 15 is 0 Å². The Morgan fingerprint density at radius 3 is 2.47 bits per heavy atom. The van der Waals surface area contributed by atoms with E-state index in [9.17, 15) is 9.59 Å². The van der Waals surface area contributed by atoms with Crippen LogP contribution in [0.3, 0.4) is 0 Å². The van der Waals surface area contributed by atoms with Crippen molar-refractivity contribution < 1.29 is 18.7 Å². The number of methoxy groups -OCH3 is 2. The third-order valence-corrected chi connectivity index (χ3v) is 5.27. The van der Waals surface area contributed by atoms with Crippen molar-refractivity contribution >= 4 is 34.4 Å². The lowest BCUT2D eigenvalue weighted by molar-refractivity contribution is 0.102. The molecule has 0 saturated heterocycles. The molecule has 4 aromatic rings. The van der Waals surface area contributed by atoms with E-state index < -0.39 is 5.91 Å². The smallest absolute Gasteiger partial charge is 0.258 e. The SMILES string of the molecule is COc1ccc(C(=O)Nc2oc3ccc(Cl)cc3c(=O)c2-c2cccc(C)c2)cc1OC. The normalized spacial score (nSPS) is 10.8. The lowest BCUT2D eigenvalue weighted by Crippen LogP contribution is -2.16. The highest BCUT2D eigenvalue weighted by Crippen LogP contribution is 2.32. The third-order valence-electron chi connectivity index (χ3n) is 5.03. The van der Waals surface area contributed by atoms with Crippen LogP contribution in [0.25, 0.3) is 22.1 Å². The fourth-order valence-electron chi connectivity index (χ4n) is 3.47. The van der Waals surface area contributed by atoms with Crippen molar-refractivity contribution in [1.82, 2.24) is 0 Å². The highest BCUT2D eigenvalue weighted by Gasteiger charge is 2.20. The number of halogens is 1. The zero-order chi connectivity index (χ0) is 22.8. The summed E-state index contributed by atoms with van der Waals surface area (Å²) >= 11 is 6.10. The molecule has 162 valence electrons. The van der Waals surface area contributed by atoms with Gasteiger partial charge in [0.05, 0.1) is 25.2 Å². The van der Waals surface area contributed by atoms with Gasteiger partial charge in [0.2, 0.25) is 11.3 Å². The number of hydrogen-bond acceptors (Lipinski definition) is 5. The number of anilines is 1. The van der Waals surface area contributed by atoms with Crippen molar-refractivity contribution in [3.05, 3.63) is 87.0 Å². The van der Waals surface area contributed by atoms with E-state index in [1.54, 1.807) is 42.5 Å². The van der Waals surface area contributed by atoms with E-state index in [-0.39, 0.29) is 16.9 Å². The number of ether oxygens (including phenoxy) is 2. The molecule has 1 N–H and O–H groups in total. The zero-order valence-corrected chi connectivity index (χ0v) is 18.4. The molecule has 6 nitrogen and oxygen atoms in total. The largest absolute Gasteiger partial charge is 0.493 e. The molecular weight excluding hydrogens is 430 g/mol. The third kappa shape index (κ3) is 4.05. The maximum atomic E-state index is 13.4. The second-order valence-electron chi connectivity index (χ2n) is 7.17. The van der Waals surface area contributed by atoms with Gasteiger partial charge >= 0.3 is 0 Å². The Morgan fingerprint density at radius 2 is 1.75 bits per heavy atom. The molecule has 1 heterocycles. The van der Waals surface area contributed by atoms with Crippen molar-refractivity contribution in [1.29, 1.82) is 0 Å². The summed E-state index contributed by atoms with van der Waals surface area (Å²) in [6.07, 6.45) is 0. The summed E-state index contributed by atoms with van der Waals surface area (Å²) in [5.41, 5.74) is 2.18. The van der Waals surface area contributed by atoms with Crippen LogP contribution in [0.2, 0.25) is 5.02 Å². The van der Waals surface area contributed by atoms with Gasteiger partial charge in [-0.3, -0.25) is 14.9 Å². The van der Waals surface area contributed by atoms with Crippen LogP contribution in [0.4, 0.5) is 5.88 Å². The van der Waals surface area contributed by atoms with Crippen molar-refractivity contribution in [2.24, 2.45) is 0 Å². The molecule has 0 unspecified atom stereocenters. The van der Waals surface area contributed by atoms with E-state index in [1.165, 1.54) is 14.2 Å². The molecule has 0 fully saturated rings. The van der Waals surface area contributed by atoms with E-state index in [0.717, 1.165) is 5.56 Å². The maximum absolute atomic E-state index is 13.4. The van der Waals surface area contributed by atoms with Crippen molar-refractivity contribution in [3.8, 4) is 22.6 Å². The van der Waals surface area contributed by atoms with E-state index in [4.69, 9.17) is 25.5 Å². The highest BCUT2D eigenvalue weighted by atomic mass is 35.5. The summed E-state index contributed by atoms with van der Waals surface area (Å²) in [6.45, 7) is 1.92. The molecule has 0 aliphatic carbocycles. The molecular formula is C25H20ClNO5. The second-order valence-corrected chi connectivity index (χ2v) is 7.61. The van der Waals surface area contributed by atoms with E-state index in [2.05, 4.69) is 5.32 Å². The molecule has 0 atom stereocenters. The molecule has 3 aromatic carbocycles. The number of carbonyl (C=O) groups excluding carboxylic acids is 1. The number of fused-ring (bicyclic) bond motifs is 1. The molecule has 4 rings (SSSR count). The van der Waals surface area contributed by atoms with Gasteiger partial charge in [-0.2, -0.15) is 0 Å². The van der Waals surface area contributed by atoms with Crippen molar-refractivity contribution in [2.45, 2.75) is 6.92 Å². The first-order valence-electron chi connectivity index (χ1n) is 9.78. The van der Waals surface area contributed by atoms with Crippen molar-refractivity contribution in [3.63, 3.8) is 0 Å². The van der Waals surface area contributed by atoms with Crippen LogP contribution in [-0.4, -0.2) is 20.1 Å². The predicted octanol–water partition coefficient (Wildman–Crippen LogP) is 5.69. The van der Waals surface area contributed by atoms with Gasteiger partial charge in [-0.05, 0) is 48.9 Å². The molecule has 7 heteroatoms. The molecule has 1 amide bonds. The number of nitrogens with one attached hydrogen (secondary N) is 1. The van der Waals surface area contributed by atoms with Gasteiger partial charge in [-0.25, -0.2) is 0 Å². The lowest BCUT2D eigenvalue weighted by atomic mass is 10.0. The molecule has 0 bridgehead atoms. The average molecular weight is 450 g/mol. The summed E-state index contributed by atoms with van der Waals surface area (Å²) in [7, 11) is 3.00. The minimum atomic E-state index is -0.462. The first kappa shape index (κ1) is 21.5. The quantitative estimate of drug-likeness (QED) is 0.423. The number of benzene rings is 3. The van der Waals surface area contributed by atoms with Crippen LogP contribution in [0.15, 0.2) is 69.9 Å². The van der Waals surface area contributed by atoms with Gasteiger partial charge in [0, 0.05) is 10.6 Å². The Balaban J connectivity index is 1.86. The van der Waals surface area contributed by atoms with Crippen LogP contribution in [0.5, 0.6) is 11.5 Å². The van der Waals surface area contributed by atoms with Crippen LogP contribution in [-0.2, 0) is 0 Å². The minimum absolute atomic E-state index is 0.0511. The van der Waals surface area contributed by atoms with E-state index in [1.807, 2.05) is 25.1 Å². The standard InChI is InChI=1S/C25H20ClNO5/c1-14-5-4-6-15(11-14)22-23(28)18-13-17(26)8-10-19(18)32-25(22)27-24(29)16-7-9-20(30-2)21(12-16)31-3/h4-13H,1-3H3,(H,27,29). The van der Waals surface area contributed by atoms with Gasteiger partial charge in [0.15, 0.2) is 11.5 Å². The Morgan fingerprint density at radius 1 is 0.969 bits per heavy atom. The van der Waals surface area contributed by atoms with Crippen molar-refractivity contribution in [2.75, 3.05) is 19.5 Å². The van der Waals surface area contributed by atoms with Gasteiger partial charge in [-0.15, -0.1) is 0 Å². The molecule has 0 spiro atoms. The lowest BCUT2D eigenvalue weighted by Gasteiger charge is -2.13. The predicted molar refractivity (Wildman–Crippen MR) is 125 cm³/mol. The monoisotopic (exact) mass is 449 g/mol. The van der Waals surface area contributed by atoms with Crippen LogP contribution >= 0.6 is 11.6 Å². The zero-order valence-electron chi connectivity index (χ0n) is 17.7. The topological polar surface area (TPSA) is 77.8 Å². The number of carbonyl (C=O) groups is 1. The second kappa shape index (κ2) is 8.77. The number of aryl methyl sites for hydroxylation is 1. The van der Waals surface area contributed by atoms with Crippen LogP contribution < -0.4 is 20.2 Å². The molecule has 1 aromatic heterocycles. The minimum Gasteiger partial charge on any atom is -0.493 e. The van der Waals surface area contributed by atoms with Gasteiger partial charge in [0.1, 0.15) is 5.58 Å². The molecule has 0 radical (unpaired) electrons. The molecule has 0 aliphatic heterocycles. The van der Waals surface area contributed by atoms with Crippen LogP contribution in [0, 0.1) is 6.92 Å². The fourth-order valence-corrected chi connectivity index (χ4v) is 3.64. The first-order valence-corrected chi connectivity index (χ1v) is 10.2. The highest BCUT2D eigenvalue weighted by molar-refractivity contribution is 6.31. The Hall–Kier alpha value is -3.77. The Bertz CT molecular complexity index is 1390. The Kier molecular flexibility index (Phi) is 5.88.